The smallest absolute Gasteiger partial charge is 0.264 e. The SMILES string of the molecule is Cc1ccc(S(=O)(=O)N2CCCc3cc(NC(=O)c4c(F)cccc4Cl)ccc32)cc1. The summed E-state index contributed by atoms with van der Waals surface area (Å²) in [6.07, 6.45) is 1.31. The van der Waals surface area contributed by atoms with Crippen LogP contribution in [0.1, 0.15) is 27.9 Å². The number of sulfonamides is 1. The zero-order valence-electron chi connectivity index (χ0n) is 16.7. The van der Waals surface area contributed by atoms with Crippen molar-refractivity contribution in [2.75, 3.05) is 16.2 Å². The minimum atomic E-state index is -3.70. The first-order chi connectivity index (χ1) is 14.8. The van der Waals surface area contributed by atoms with Gasteiger partial charge in [-0.25, -0.2) is 12.8 Å². The monoisotopic (exact) mass is 458 g/mol. The predicted octanol–water partition coefficient (Wildman–Crippen LogP) is 5.18. The average molecular weight is 459 g/mol. The van der Waals surface area contributed by atoms with E-state index in [1.807, 2.05) is 6.92 Å². The van der Waals surface area contributed by atoms with Crippen molar-refractivity contribution in [3.05, 3.63) is 88.2 Å². The number of aryl methyl sites for hydroxylation is 2. The quantitative estimate of drug-likeness (QED) is 0.585. The van der Waals surface area contributed by atoms with Crippen LogP contribution < -0.4 is 9.62 Å². The van der Waals surface area contributed by atoms with Crippen molar-refractivity contribution in [2.24, 2.45) is 0 Å². The number of hydrogen-bond donors (Lipinski definition) is 1. The topological polar surface area (TPSA) is 66.5 Å². The highest BCUT2D eigenvalue weighted by molar-refractivity contribution is 7.92. The Hall–Kier alpha value is -2.90. The van der Waals surface area contributed by atoms with Crippen LogP contribution in [-0.4, -0.2) is 20.9 Å². The maximum absolute atomic E-state index is 14.0. The Bertz CT molecular complexity index is 1240. The number of nitrogens with one attached hydrogen (secondary N) is 1. The maximum atomic E-state index is 14.0. The molecule has 0 aliphatic carbocycles. The molecular weight excluding hydrogens is 439 g/mol. The molecule has 0 atom stereocenters. The van der Waals surface area contributed by atoms with Crippen molar-refractivity contribution >= 4 is 38.9 Å². The van der Waals surface area contributed by atoms with Gasteiger partial charge in [0.1, 0.15) is 5.82 Å². The van der Waals surface area contributed by atoms with Crippen LogP contribution >= 0.6 is 11.6 Å². The van der Waals surface area contributed by atoms with Crippen molar-refractivity contribution in [1.82, 2.24) is 0 Å². The molecule has 160 valence electrons. The molecule has 0 spiro atoms. The lowest BCUT2D eigenvalue weighted by molar-refractivity contribution is 0.102. The Morgan fingerprint density at radius 2 is 1.84 bits per heavy atom. The number of hydrogen-bond acceptors (Lipinski definition) is 3. The van der Waals surface area contributed by atoms with E-state index in [1.54, 1.807) is 42.5 Å². The van der Waals surface area contributed by atoms with Crippen molar-refractivity contribution in [2.45, 2.75) is 24.7 Å². The summed E-state index contributed by atoms with van der Waals surface area (Å²) in [7, 11) is -3.70. The molecule has 3 aromatic carbocycles. The van der Waals surface area contributed by atoms with Crippen LogP contribution in [0.15, 0.2) is 65.6 Å². The molecule has 31 heavy (non-hydrogen) atoms. The zero-order chi connectivity index (χ0) is 22.2. The zero-order valence-corrected chi connectivity index (χ0v) is 18.3. The van der Waals surface area contributed by atoms with Crippen LogP contribution in [0.5, 0.6) is 0 Å². The first-order valence-corrected chi connectivity index (χ1v) is 11.6. The van der Waals surface area contributed by atoms with Gasteiger partial charge in [0.05, 0.1) is 21.2 Å². The van der Waals surface area contributed by atoms with Crippen LogP contribution in [0.3, 0.4) is 0 Å². The third-order valence-electron chi connectivity index (χ3n) is 5.21. The normalized spacial score (nSPS) is 13.6. The molecule has 1 aliphatic heterocycles. The van der Waals surface area contributed by atoms with Crippen LogP contribution in [0.4, 0.5) is 15.8 Å². The molecule has 0 unspecified atom stereocenters. The molecule has 1 N–H and O–H groups in total. The fourth-order valence-electron chi connectivity index (χ4n) is 3.64. The van der Waals surface area contributed by atoms with E-state index in [-0.39, 0.29) is 15.5 Å². The van der Waals surface area contributed by atoms with E-state index in [2.05, 4.69) is 5.32 Å². The Kier molecular flexibility index (Phi) is 5.73. The summed E-state index contributed by atoms with van der Waals surface area (Å²) in [6, 6.07) is 15.8. The van der Waals surface area contributed by atoms with Crippen molar-refractivity contribution in [3.63, 3.8) is 0 Å². The molecule has 0 saturated carbocycles. The van der Waals surface area contributed by atoms with Gasteiger partial charge >= 0.3 is 0 Å². The van der Waals surface area contributed by atoms with Gasteiger partial charge < -0.3 is 5.32 Å². The van der Waals surface area contributed by atoms with Gasteiger partial charge in [-0.1, -0.05) is 35.4 Å². The molecule has 0 aromatic heterocycles. The van der Waals surface area contributed by atoms with E-state index in [4.69, 9.17) is 11.6 Å². The number of carbonyl (C=O) groups excluding carboxylic acids is 1. The van der Waals surface area contributed by atoms with Gasteiger partial charge in [-0.05, 0) is 67.8 Å². The Balaban J connectivity index is 1.63. The second-order valence-corrected chi connectivity index (χ2v) is 9.66. The van der Waals surface area contributed by atoms with E-state index < -0.39 is 21.7 Å². The van der Waals surface area contributed by atoms with E-state index in [0.717, 1.165) is 11.1 Å². The summed E-state index contributed by atoms with van der Waals surface area (Å²) in [5.41, 5.74) is 2.56. The number of carbonyl (C=O) groups is 1. The molecule has 1 heterocycles. The molecule has 0 saturated heterocycles. The van der Waals surface area contributed by atoms with Crippen LogP contribution in [0.2, 0.25) is 5.02 Å². The van der Waals surface area contributed by atoms with Gasteiger partial charge in [-0.15, -0.1) is 0 Å². The van der Waals surface area contributed by atoms with Crippen molar-refractivity contribution in [3.8, 4) is 0 Å². The van der Waals surface area contributed by atoms with Crippen molar-refractivity contribution in [1.29, 1.82) is 0 Å². The number of halogens is 2. The van der Waals surface area contributed by atoms with Gasteiger partial charge in [-0.2, -0.15) is 0 Å². The Morgan fingerprint density at radius 1 is 1.10 bits per heavy atom. The first-order valence-electron chi connectivity index (χ1n) is 9.75. The molecule has 0 bridgehead atoms. The Morgan fingerprint density at radius 3 is 2.55 bits per heavy atom. The maximum Gasteiger partial charge on any atom is 0.264 e. The van der Waals surface area contributed by atoms with Gasteiger partial charge in [0.25, 0.3) is 15.9 Å². The fraction of sp³-hybridized carbons (Fsp3) is 0.174. The molecule has 1 amide bonds. The lowest BCUT2D eigenvalue weighted by Crippen LogP contribution is -2.35. The standard InChI is InChI=1S/C23H20ClFN2O3S/c1-15-7-10-18(11-8-15)31(29,30)27-13-3-4-16-14-17(9-12-21(16)27)26-23(28)22-19(24)5-2-6-20(22)25/h2,5-12,14H,3-4,13H2,1H3,(H,26,28). The van der Waals surface area contributed by atoms with E-state index in [0.29, 0.717) is 30.8 Å². The van der Waals surface area contributed by atoms with E-state index in [9.17, 15) is 17.6 Å². The second kappa shape index (κ2) is 8.32. The predicted molar refractivity (Wildman–Crippen MR) is 120 cm³/mol. The minimum absolute atomic E-state index is 0.0193. The van der Waals surface area contributed by atoms with Gasteiger partial charge in [0.15, 0.2) is 0 Å². The third kappa shape index (κ3) is 4.16. The highest BCUT2D eigenvalue weighted by Gasteiger charge is 2.29. The highest BCUT2D eigenvalue weighted by atomic mass is 35.5. The summed E-state index contributed by atoms with van der Waals surface area (Å²) in [4.78, 5) is 12.8. The van der Waals surface area contributed by atoms with Crippen LogP contribution in [-0.2, 0) is 16.4 Å². The number of fused-ring (bicyclic) bond motifs is 1. The molecule has 1 aliphatic rings. The van der Waals surface area contributed by atoms with E-state index in [1.165, 1.54) is 22.5 Å². The van der Waals surface area contributed by atoms with Crippen molar-refractivity contribution < 1.29 is 17.6 Å². The summed E-state index contributed by atoms with van der Waals surface area (Å²) < 4.78 is 41.8. The Labute approximate surface area is 185 Å². The molecule has 4 rings (SSSR count). The largest absolute Gasteiger partial charge is 0.322 e. The van der Waals surface area contributed by atoms with E-state index >= 15 is 0 Å². The number of anilines is 2. The molecular formula is C23H20ClFN2O3S. The summed E-state index contributed by atoms with van der Waals surface area (Å²) in [6.45, 7) is 2.27. The molecule has 0 fully saturated rings. The van der Waals surface area contributed by atoms with Crippen LogP contribution in [0.25, 0.3) is 0 Å². The molecule has 8 heteroatoms. The molecule has 3 aromatic rings. The third-order valence-corrected chi connectivity index (χ3v) is 7.35. The summed E-state index contributed by atoms with van der Waals surface area (Å²) >= 11 is 5.97. The fourth-order valence-corrected chi connectivity index (χ4v) is 5.43. The number of nitrogens with zero attached hydrogens (tertiary/aromatic N) is 1. The lowest BCUT2D eigenvalue weighted by atomic mass is 10.0. The summed E-state index contributed by atoms with van der Waals surface area (Å²) in [5, 5.41) is 2.67. The number of rotatable bonds is 4. The lowest BCUT2D eigenvalue weighted by Gasteiger charge is -2.31. The molecule has 5 nitrogen and oxygen atoms in total. The average Bonchev–Trinajstić information content (AvgIpc) is 2.73. The minimum Gasteiger partial charge on any atom is -0.322 e. The highest BCUT2D eigenvalue weighted by Crippen LogP contribution is 2.34. The van der Waals surface area contributed by atoms with Crippen LogP contribution in [0, 0.1) is 12.7 Å². The second-order valence-electron chi connectivity index (χ2n) is 7.39. The number of benzene rings is 3. The number of amides is 1. The first kappa shape index (κ1) is 21.3. The van der Waals surface area contributed by atoms with Gasteiger partial charge in [0.2, 0.25) is 0 Å². The van der Waals surface area contributed by atoms with Gasteiger partial charge in [0, 0.05) is 12.2 Å². The summed E-state index contributed by atoms with van der Waals surface area (Å²) in [5.74, 6) is -1.37. The molecule has 0 radical (unpaired) electrons. The van der Waals surface area contributed by atoms with Gasteiger partial charge in [-0.3, -0.25) is 9.10 Å².